The fraction of sp³-hybridized carbons (Fsp3) is 0.929. The molecule has 0 atom stereocenters. The van der Waals surface area contributed by atoms with Gasteiger partial charge >= 0.3 is 0 Å². The average molecular weight is 469 g/mol. The van der Waals surface area contributed by atoms with E-state index in [2.05, 4.69) is 76.2 Å². The molecule has 2 amide bonds. The van der Waals surface area contributed by atoms with Gasteiger partial charge < -0.3 is 4.74 Å². The van der Waals surface area contributed by atoms with Crippen LogP contribution in [0.3, 0.4) is 0 Å². The molecule has 0 radical (unpaired) electrons. The Hall–Kier alpha value is -1.10. The smallest absolute Gasteiger partial charge is 0.247 e. The summed E-state index contributed by atoms with van der Waals surface area (Å²) in [5.74, 6) is 0.808. The first-order chi connectivity index (χ1) is 15.3. The Morgan fingerprint density at radius 1 is 0.727 bits per heavy atom. The summed E-state index contributed by atoms with van der Waals surface area (Å²) in [6.45, 7) is 27.6. The van der Waals surface area contributed by atoms with E-state index in [-0.39, 0.29) is 35.5 Å². The van der Waals surface area contributed by atoms with E-state index in [0.29, 0.717) is 26.1 Å². The fourth-order valence-electron chi connectivity index (χ4n) is 5.23. The highest BCUT2D eigenvalue weighted by Gasteiger charge is 2.49. The van der Waals surface area contributed by atoms with Gasteiger partial charge in [0.05, 0.1) is 10.8 Å². The quantitative estimate of drug-likeness (QED) is 0.196. The number of unbranched alkanes of at least 4 members (excludes halogenated alkanes) is 1. The Kier molecular flexibility index (Phi) is 13.9. The predicted molar refractivity (Wildman–Crippen MR) is 140 cm³/mol. The molecule has 0 aromatic carbocycles. The van der Waals surface area contributed by atoms with Crippen molar-refractivity contribution >= 4 is 11.8 Å². The van der Waals surface area contributed by atoms with Gasteiger partial charge in [-0.15, -0.1) is 0 Å². The van der Waals surface area contributed by atoms with Gasteiger partial charge in [0, 0.05) is 26.3 Å². The van der Waals surface area contributed by atoms with Gasteiger partial charge in [-0.05, 0) is 49.9 Å². The van der Waals surface area contributed by atoms with Crippen molar-refractivity contribution in [1.29, 1.82) is 0 Å². The van der Waals surface area contributed by atoms with Crippen LogP contribution in [0.5, 0.6) is 0 Å². The van der Waals surface area contributed by atoms with Crippen molar-refractivity contribution in [3.8, 4) is 0 Å². The number of hydrogen-bond donors (Lipinski definition) is 0. The van der Waals surface area contributed by atoms with Gasteiger partial charge in [-0.2, -0.15) is 0 Å². The molecular formula is C28H56N2O3. The van der Waals surface area contributed by atoms with Crippen molar-refractivity contribution in [2.45, 2.75) is 109 Å². The largest absolute Gasteiger partial charge is 0.381 e. The van der Waals surface area contributed by atoms with E-state index in [1.807, 2.05) is 6.92 Å². The molecule has 0 fully saturated rings. The van der Waals surface area contributed by atoms with Crippen LogP contribution in [0.1, 0.15) is 109 Å². The van der Waals surface area contributed by atoms with E-state index in [4.69, 9.17) is 4.74 Å². The van der Waals surface area contributed by atoms with Gasteiger partial charge in [0.15, 0.2) is 0 Å². The van der Waals surface area contributed by atoms with Gasteiger partial charge in [-0.1, -0.05) is 82.6 Å². The van der Waals surface area contributed by atoms with Crippen LogP contribution in [-0.2, 0) is 14.3 Å². The van der Waals surface area contributed by atoms with Gasteiger partial charge in [0.2, 0.25) is 11.8 Å². The van der Waals surface area contributed by atoms with Crippen LogP contribution in [0.15, 0.2) is 0 Å². The highest BCUT2D eigenvalue weighted by Crippen LogP contribution is 2.43. The van der Waals surface area contributed by atoms with Crippen molar-refractivity contribution in [2.24, 2.45) is 34.5 Å². The second-order valence-corrected chi connectivity index (χ2v) is 11.1. The van der Waals surface area contributed by atoms with Crippen LogP contribution in [0.2, 0.25) is 0 Å². The van der Waals surface area contributed by atoms with Crippen LogP contribution in [0, 0.1) is 34.5 Å². The first-order valence-corrected chi connectivity index (χ1v) is 13.5. The summed E-state index contributed by atoms with van der Waals surface area (Å²) in [6, 6.07) is 0. The van der Waals surface area contributed by atoms with E-state index in [1.54, 1.807) is 10.0 Å². The molecule has 0 saturated heterocycles. The lowest BCUT2D eigenvalue weighted by molar-refractivity contribution is -0.184. The molecule has 0 rings (SSSR count). The molecule has 0 aromatic heterocycles. The molecule has 0 N–H and O–H groups in total. The third-order valence-electron chi connectivity index (χ3n) is 8.26. The monoisotopic (exact) mass is 468 g/mol. The third-order valence-corrected chi connectivity index (χ3v) is 8.26. The molecule has 0 aliphatic carbocycles. The van der Waals surface area contributed by atoms with Crippen LogP contribution in [-0.4, -0.2) is 48.1 Å². The zero-order chi connectivity index (χ0) is 26.0. The minimum Gasteiger partial charge on any atom is -0.381 e. The third kappa shape index (κ3) is 7.19. The SMILES string of the molecule is CCCCOCCCN(C(=O)C(C)(C(C)C)C(C)C)N(CC)C(=O)C(CC)(C(C)C)C(C)C. The molecule has 0 heterocycles. The second kappa shape index (κ2) is 14.3. The summed E-state index contributed by atoms with van der Waals surface area (Å²) in [5.41, 5.74) is -1.06. The molecule has 0 unspecified atom stereocenters. The fourth-order valence-corrected chi connectivity index (χ4v) is 5.23. The number of amides is 2. The van der Waals surface area contributed by atoms with Crippen molar-refractivity contribution in [2.75, 3.05) is 26.3 Å². The average Bonchev–Trinajstić information content (AvgIpc) is 2.74. The van der Waals surface area contributed by atoms with Crippen molar-refractivity contribution in [1.82, 2.24) is 10.0 Å². The first kappa shape index (κ1) is 31.9. The summed E-state index contributed by atoms with van der Waals surface area (Å²) in [4.78, 5) is 28.4. The lowest BCUT2D eigenvalue weighted by Crippen LogP contribution is -2.61. The Bertz CT molecular complexity index is 568. The van der Waals surface area contributed by atoms with Crippen LogP contribution < -0.4 is 0 Å². The van der Waals surface area contributed by atoms with Gasteiger partial charge in [0.25, 0.3) is 0 Å². The normalized spacial score (nSPS) is 12.8. The standard InChI is InChI=1S/C28H56N2O3/c1-13-16-19-33-20-17-18-30(25(31)27(12,21(4)5)22(6)7)29(15-3)26(32)28(14-2,23(8)9)24(10)11/h21-24H,13-20H2,1-12H3. The van der Waals surface area contributed by atoms with Crippen LogP contribution >= 0.6 is 0 Å². The molecule has 0 aromatic rings. The zero-order valence-electron chi connectivity index (χ0n) is 24.1. The number of nitrogens with zero attached hydrogens (tertiary/aromatic N) is 2. The number of hydrogen-bond acceptors (Lipinski definition) is 3. The maximum absolute atomic E-state index is 14.2. The van der Waals surface area contributed by atoms with E-state index in [9.17, 15) is 9.59 Å². The molecule has 196 valence electrons. The maximum atomic E-state index is 14.2. The molecule has 0 bridgehead atoms. The summed E-state index contributed by atoms with van der Waals surface area (Å²) in [5, 5.41) is 3.54. The Balaban J connectivity index is 6.25. The molecule has 5 nitrogen and oxygen atoms in total. The van der Waals surface area contributed by atoms with Crippen LogP contribution in [0.4, 0.5) is 0 Å². The minimum atomic E-state index is -0.554. The van der Waals surface area contributed by atoms with Crippen molar-refractivity contribution in [3.63, 3.8) is 0 Å². The summed E-state index contributed by atoms with van der Waals surface area (Å²) >= 11 is 0. The summed E-state index contributed by atoms with van der Waals surface area (Å²) in [6.07, 6.45) is 3.62. The van der Waals surface area contributed by atoms with Crippen molar-refractivity contribution in [3.05, 3.63) is 0 Å². The van der Waals surface area contributed by atoms with Gasteiger partial charge in [-0.3, -0.25) is 19.6 Å². The second-order valence-electron chi connectivity index (χ2n) is 11.1. The van der Waals surface area contributed by atoms with E-state index >= 15 is 0 Å². The van der Waals surface area contributed by atoms with Gasteiger partial charge in [0.1, 0.15) is 0 Å². The zero-order valence-corrected chi connectivity index (χ0v) is 24.1. The molecular weight excluding hydrogens is 412 g/mol. The Labute approximate surface area is 206 Å². The lowest BCUT2D eigenvalue weighted by atomic mass is 9.66. The molecule has 0 saturated carbocycles. The number of ether oxygens (including phenoxy) is 1. The predicted octanol–water partition coefficient (Wildman–Crippen LogP) is 6.81. The molecule has 0 spiro atoms. The number of hydrazine groups is 1. The molecule has 0 aliphatic heterocycles. The van der Waals surface area contributed by atoms with E-state index < -0.39 is 10.8 Å². The Morgan fingerprint density at radius 2 is 1.21 bits per heavy atom. The Morgan fingerprint density at radius 3 is 1.58 bits per heavy atom. The maximum Gasteiger partial charge on any atom is 0.247 e. The molecule has 33 heavy (non-hydrogen) atoms. The van der Waals surface area contributed by atoms with E-state index in [0.717, 1.165) is 25.9 Å². The highest BCUT2D eigenvalue weighted by atomic mass is 16.5. The van der Waals surface area contributed by atoms with Crippen molar-refractivity contribution < 1.29 is 14.3 Å². The molecule has 5 heteroatoms. The molecule has 0 aliphatic rings. The highest BCUT2D eigenvalue weighted by molar-refractivity contribution is 5.88. The van der Waals surface area contributed by atoms with Crippen LogP contribution in [0.25, 0.3) is 0 Å². The minimum absolute atomic E-state index is 0.0498. The number of rotatable bonds is 15. The van der Waals surface area contributed by atoms with E-state index in [1.165, 1.54) is 0 Å². The lowest BCUT2D eigenvalue weighted by Gasteiger charge is -2.48. The summed E-state index contributed by atoms with van der Waals surface area (Å²) < 4.78 is 5.78. The van der Waals surface area contributed by atoms with Gasteiger partial charge in [-0.25, -0.2) is 0 Å². The topological polar surface area (TPSA) is 49.9 Å². The number of carbonyl (C=O) groups excluding carboxylic acids is 2. The number of carbonyl (C=O) groups is 2. The summed E-state index contributed by atoms with van der Waals surface area (Å²) in [7, 11) is 0. The first-order valence-electron chi connectivity index (χ1n) is 13.5.